The molecule has 1 aromatic rings. The molecule has 0 aliphatic heterocycles. The fourth-order valence-electron chi connectivity index (χ4n) is 1.45. The highest BCUT2D eigenvalue weighted by molar-refractivity contribution is 5.68. The van der Waals surface area contributed by atoms with Crippen LogP contribution in [0.1, 0.15) is 25.3 Å². The van der Waals surface area contributed by atoms with Crippen molar-refractivity contribution in [2.75, 3.05) is 13.2 Å². The van der Waals surface area contributed by atoms with Crippen molar-refractivity contribution in [2.45, 2.75) is 26.3 Å². The van der Waals surface area contributed by atoms with Crippen LogP contribution in [0.25, 0.3) is 0 Å². The molecule has 1 rings (SSSR count). The SMILES string of the molecule is CCC(=O)OCCCNCc1ccc([N+](=O)[O-])cc1. The van der Waals surface area contributed by atoms with Crippen LogP contribution in [0, 0.1) is 10.1 Å². The lowest BCUT2D eigenvalue weighted by Gasteiger charge is -2.05. The average Bonchev–Trinajstić information content (AvgIpc) is 2.42. The summed E-state index contributed by atoms with van der Waals surface area (Å²) in [6, 6.07) is 6.42. The van der Waals surface area contributed by atoms with Gasteiger partial charge in [0, 0.05) is 25.1 Å². The molecule has 0 saturated carbocycles. The van der Waals surface area contributed by atoms with Gasteiger partial charge in [-0.1, -0.05) is 19.1 Å². The van der Waals surface area contributed by atoms with Crippen LogP contribution in [0.2, 0.25) is 0 Å². The molecule has 0 aliphatic rings. The zero-order chi connectivity index (χ0) is 14.1. The van der Waals surface area contributed by atoms with Gasteiger partial charge in [-0.25, -0.2) is 0 Å². The predicted octanol–water partition coefficient (Wildman–Crippen LogP) is 2.03. The summed E-state index contributed by atoms with van der Waals surface area (Å²) in [5, 5.41) is 13.7. The van der Waals surface area contributed by atoms with Crippen LogP contribution in [-0.2, 0) is 16.1 Å². The van der Waals surface area contributed by atoms with Gasteiger partial charge in [-0.3, -0.25) is 14.9 Å². The van der Waals surface area contributed by atoms with Gasteiger partial charge in [0.1, 0.15) is 0 Å². The van der Waals surface area contributed by atoms with Crippen LogP contribution in [0.5, 0.6) is 0 Å². The third-order valence-corrected chi connectivity index (χ3v) is 2.53. The van der Waals surface area contributed by atoms with Crippen molar-refractivity contribution in [1.29, 1.82) is 0 Å². The van der Waals surface area contributed by atoms with Crippen molar-refractivity contribution in [3.63, 3.8) is 0 Å². The zero-order valence-electron chi connectivity index (χ0n) is 10.9. The second-order valence-electron chi connectivity index (χ2n) is 4.03. The molecule has 0 radical (unpaired) electrons. The summed E-state index contributed by atoms with van der Waals surface area (Å²) in [6.45, 7) is 3.54. The molecule has 0 amide bonds. The van der Waals surface area contributed by atoms with Crippen molar-refractivity contribution in [3.05, 3.63) is 39.9 Å². The summed E-state index contributed by atoms with van der Waals surface area (Å²) in [5.74, 6) is -0.185. The Kier molecular flexibility index (Phi) is 6.52. The molecule has 19 heavy (non-hydrogen) atoms. The number of non-ortho nitro benzene ring substituents is 1. The first-order valence-electron chi connectivity index (χ1n) is 6.23. The lowest BCUT2D eigenvalue weighted by atomic mass is 10.2. The summed E-state index contributed by atoms with van der Waals surface area (Å²) in [5.41, 5.74) is 1.08. The highest BCUT2D eigenvalue weighted by Gasteiger charge is 2.03. The van der Waals surface area contributed by atoms with Crippen molar-refractivity contribution >= 4 is 11.7 Å². The number of carbonyl (C=O) groups is 1. The first-order chi connectivity index (χ1) is 9.13. The minimum atomic E-state index is -0.417. The maximum atomic E-state index is 10.9. The first kappa shape index (κ1) is 15.1. The topological polar surface area (TPSA) is 81.5 Å². The number of nitrogens with zero attached hydrogens (tertiary/aromatic N) is 1. The van der Waals surface area contributed by atoms with Crippen LogP contribution in [0.3, 0.4) is 0 Å². The smallest absolute Gasteiger partial charge is 0.305 e. The number of nitrogens with one attached hydrogen (secondary N) is 1. The molecule has 0 bridgehead atoms. The summed E-state index contributed by atoms with van der Waals surface area (Å²) in [7, 11) is 0. The van der Waals surface area contributed by atoms with Gasteiger partial charge in [0.05, 0.1) is 11.5 Å². The summed E-state index contributed by atoms with van der Waals surface area (Å²) < 4.78 is 4.93. The number of rotatable bonds is 8. The summed E-state index contributed by atoms with van der Waals surface area (Å²) >= 11 is 0. The van der Waals surface area contributed by atoms with Gasteiger partial charge >= 0.3 is 5.97 Å². The Balaban J connectivity index is 2.15. The Morgan fingerprint density at radius 2 is 2.05 bits per heavy atom. The van der Waals surface area contributed by atoms with Crippen molar-refractivity contribution in [2.24, 2.45) is 0 Å². The molecule has 0 aliphatic carbocycles. The standard InChI is InChI=1S/C13H18N2O4/c1-2-13(16)19-9-3-8-14-10-11-4-6-12(7-5-11)15(17)18/h4-7,14H,2-3,8-10H2,1H3. The molecule has 0 atom stereocenters. The normalized spacial score (nSPS) is 10.2. The quantitative estimate of drug-likeness (QED) is 0.337. The summed E-state index contributed by atoms with van der Waals surface area (Å²) in [4.78, 5) is 20.9. The highest BCUT2D eigenvalue weighted by Crippen LogP contribution is 2.11. The Morgan fingerprint density at radius 1 is 1.37 bits per heavy atom. The molecular formula is C13H18N2O4. The first-order valence-corrected chi connectivity index (χ1v) is 6.23. The highest BCUT2D eigenvalue weighted by atomic mass is 16.6. The number of hydrogen-bond acceptors (Lipinski definition) is 5. The minimum Gasteiger partial charge on any atom is -0.466 e. The van der Waals surface area contributed by atoms with Crippen LogP contribution >= 0.6 is 0 Å². The number of ether oxygens (including phenoxy) is 1. The van der Waals surface area contributed by atoms with Gasteiger partial charge in [0.15, 0.2) is 0 Å². The van der Waals surface area contributed by atoms with Crippen LogP contribution in [0.4, 0.5) is 5.69 Å². The Bertz CT molecular complexity index is 417. The van der Waals surface area contributed by atoms with Crippen molar-refractivity contribution in [3.8, 4) is 0 Å². The molecule has 1 aromatic carbocycles. The van der Waals surface area contributed by atoms with E-state index in [1.807, 2.05) is 0 Å². The average molecular weight is 266 g/mol. The fraction of sp³-hybridized carbons (Fsp3) is 0.462. The van der Waals surface area contributed by atoms with E-state index in [1.54, 1.807) is 19.1 Å². The third kappa shape index (κ3) is 5.96. The molecule has 6 heteroatoms. The number of benzene rings is 1. The van der Waals surface area contributed by atoms with Gasteiger partial charge in [0.2, 0.25) is 0 Å². The third-order valence-electron chi connectivity index (χ3n) is 2.53. The Labute approximate surface area is 111 Å². The van der Waals surface area contributed by atoms with E-state index in [1.165, 1.54) is 12.1 Å². The molecule has 0 saturated heterocycles. The molecule has 1 N–H and O–H groups in total. The molecule has 104 valence electrons. The number of carbonyl (C=O) groups excluding carboxylic acids is 1. The van der Waals surface area contributed by atoms with E-state index < -0.39 is 4.92 Å². The van der Waals surface area contributed by atoms with Crippen LogP contribution < -0.4 is 5.32 Å². The molecule has 0 spiro atoms. The monoisotopic (exact) mass is 266 g/mol. The zero-order valence-corrected chi connectivity index (χ0v) is 10.9. The van der Waals surface area contributed by atoms with Crippen molar-refractivity contribution in [1.82, 2.24) is 5.32 Å². The number of nitro groups is 1. The second kappa shape index (κ2) is 8.20. The molecule has 0 unspecified atom stereocenters. The maximum Gasteiger partial charge on any atom is 0.305 e. The predicted molar refractivity (Wildman–Crippen MR) is 70.7 cm³/mol. The summed E-state index contributed by atoms with van der Waals surface area (Å²) in [6.07, 6.45) is 1.15. The van der Waals surface area contributed by atoms with Gasteiger partial charge in [-0.2, -0.15) is 0 Å². The fourth-order valence-corrected chi connectivity index (χ4v) is 1.45. The Hall–Kier alpha value is -1.95. The molecule has 0 fully saturated rings. The van der Waals surface area contributed by atoms with Crippen molar-refractivity contribution < 1.29 is 14.5 Å². The lowest BCUT2D eigenvalue weighted by molar-refractivity contribution is -0.384. The van der Waals surface area contributed by atoms with E-state index in [4.69, 9.17) is 4.74 Å². The Morgan fingerprint density at radius 3 is 2.63 bits per heavy atom. The maximum absolute atomic E-state index is 10.9. The molecule has 0 heterocycles. The lowest BCUT2D eigenvalue weighted by Crippen LogP contribution is -2.17. The minimum absolute atomic E-state index is 0.0928. The van der Waals surface area contributed by atoms with E-state index in [0.29, 0.717) is 19.6 Å². The number of nitro benzene ring substituents is 1. The van der Waals surface area contributed by atoms with Gasteiger partial charge < -0.3 is 10.1 Å². The van der Waals surface area contributed by atoms with Crippen LogP contribution in [0.15, 0.2) is 24.3 Å². The van der Waals surface area contributed by atoms with Gasteiger partial charge in [-0.15, -0.1) is 0 Å². The molecular weight excluding hydrogens is 248 g/mol. The van der Waals surface area contributed by atoms with Crippen LogP contribution in [-0.4, -0.2) is 24.0 Å². The number of hydrogen-bond donors (Lipinski definition) is 1. The largest absolute Gasteiger partial charge is 0.466 e. The van der Waals surface area contributed by atoms with E-state index in [-0.39, 0.29) is 11.7 Å². The molecule has 0 aromatic heterocycles. The molecule has 6 nitrogen and oxygen atoms in total. The second-order valence-corrected chi connectivity index (χ2v) is 4.03. The van der Waals surface area contributed by atoms with Gasteiger partial charge in [-0.05, 0) is 18.5 Å². The van der Waals surface area contributed by atoms with E-state index in [9.17, 15) is 14.9 Å². The number of esters is 1. The van der Waals surface area contributed by atoms with E-state index >= 15 is 0 Å². The van der Waals surface area contributed by atoms with Gasteiger partial charge in [0.25, 0.3) is 5.69 Å². The van der Waals surface area contributed by atoms with E-state index in [0.717, 1.165) is 18.5 Å². The van der Waals surface area contributed by atoms with E-state index in [2.05, 4.69) is 5.32 Å².